The number of fused-ring (bicyclic) bond motifs is 1. The molecular formula is C17H21N5O2. The van der Waals surface area contributed by atoms with Gasteiger partial charge in [0.25, 0.3) is 5.56 Å². The van der Waals surface area contributed by atoms with E-state index in [2.05, 4.69) is 20.4 Å². The van der Waals surface area contributed by atoms with Crippen LogP contribution in [0, 0.1) is 0 Å². The number of ether oxygens (including phenoxy) is 1. The summed E-state index contributed by atoms with van der Waals surface area (Å²) in [4.78, 5) is 20.8. The molecule has 4 rings (SSSR count). The zero-order valence-corrected chi connectivity index (χ0v) is 13.5. The first-order chi connectivity index (χ1) is 11.8. The van der Waals surface area contributed by atoms with Crippen molar-refractivity contribution in [3.05, 3.63) is 46.1 Å². The van der Waals surface area contributed by atoms with E-state index in [9.17, 15) is 4.79 Å². The molecule has 126 valence electrons. The largest absolute Gasteiger partial charge is 0.376 e. The Bertz CT molecular complexity index is 753. The van der Waals surface area contributed by atoms with E-state index in [4.69, 9.17) is 4.74 Å². The van der Waals surface area contributed by atoms with Crippen LogP contribution in [-0.2, 0) is 17.8 Å². The van der Waals surface area contributed by atoms with Crippen LogP contribution in [0.15, 0.2) is 29.3 Å². The van der Waals surface area contributed by atoms with E-state index >= 15 is 0 Å². The van der Waals surface area contributed by atoms with Gasteiger partial charge < -0.3 is 10.1 Å². The molecule has 0 unspecified atom stereocenters. The molecule has 1 aliphatic heterocycles. The van der Waals surface area contributed by atoms with Gasteiger partial charge in [-0.25, -0.2) is 14.6 Å². The lowest BCUT2D eigenvalue weighted by Gasteiger charge is -2.30. The summed E-state index contributed by atoms with van der Waals surface area (Å²) in [6.45, 7) is 1.19. The van der Waals surface area contributed by atoms with Crippen molar-refractivity contribution in [2.75, 3.05) is 11.9 Å². The zero-order chi connectivity index (χ0) is 16.4. The number of rotatable bonds is 3. The summed E-state index contributed by atoms with van der Waals surface area (Å²) in [5.41, 5.74) is 1.94. The minimum atomic E-state index is -0.0120. The fourth-order valence-electron chi connectivity index (χ4n) is 3.51. The number of nitrogens with zero attached hydrogens (tertiary/aromatic N) is 4. The van der Waals surface area contributed by atoms with Crippen molar-refractivity contribution < 1.29 is 4.74 Å². The first kappa shape index (κ1) is 15.3. The van der Waals surface area contributed by atoms with Crippen LogP contribution in [0.3, 0.4) is 0 Å². The predicted octanol–water partition coefficient (Wildman–Crippen LogP) is 1.70. The average molecular weight is 327 g/mol. The standard InChI is InChI=1S/C17H21N5O2/c23-16-10-12-11-24-9-6-15(12)21-22(16)14-4-2-13(3-5-14)20-17-18-7-1-8-19-17/h1,7-8,10,13-14H,2-6,9,11H2,(H,18,19,20). The van der Waals surface area contributed by atoms with Crippen molar-refractivity contribution in [3.8, 4) is 0 Å². The lowest BCUT2D eigenvalue weighted by molar-refractivity contribution is 0.107. The van der Waals surface area contributed by atoms with Crippen LogP contribution in [0.1, 0.15) is 43.0 Å². The second-order valence-electron chi connectivity index (χ2n) is 6.42. The van der Waals surface area contributed by atoms with E-state index in [1.165, 1.54) is 0 Å². The van der Waals surface area contributed by atoms with Crippen molar-refractivity contribution in [1.82, 2.24) is 19.7 Å². The van der Waals surface area contributed by atoms with Crippen LogP contribution in [0.2, 0.25) is 0 Å². The Labute approximate surface area is 140 Å². The lowest BCUT2D eigenvalue weighted by Crippen LogP contribution is -2.35. The van der Waals surface area contributed by atoms with Crippen LogP contribution >= 0.6 is 0 Å². The summed E-state index contributed by atoms with van der Waals surface area (Å²) in [6, 6.07) is 4.04. The van der Waals surface area contributed by atoms with Crippen LogP contribution in [0.25, 0.3) is 0 Å². The van der Waals surface area contributed by atoms with Crippen molar-refractivity contribution in [2.24, 2.45) is 0 Å². The average Bonchev–Trinajstić information content (AvgIpc) is 2.63. The van der Waals surface area contributed by atoms with Crippen LogP contribution in [0.5, 0.6) is 0 Å². The van der Waals surface area contributed by atoms with E-state index < -0.39 is 0 Å². The Morgan fingerprint density at radius 1 is 1.17 bits per heavy atom. The van der Waals surface area contributed by atoms with Gasteiger partial charge in [-0.3, -0.25) is 4.79 Å². The Morgan fingerprint density at radius 2 is 1.96 bits per heavy atom. The highest BCUT2D eigenvalue weighted by Crippen LogP contribution is 2.28. The van der Waals surface area contributed by atoms with Crippen molar-refractivity contribution in [1.29, 1.82) is 0 Å². The van der Waals surface area contributed by atoms with Crippen LogP contribution in [0.4, 0.5) is 5.95 Å². The molecule has 2 aliphatic rings. The third-order valence-electron chi connectivity index (χ3n) is 4.80. The molecule has 2 aromatic rings. The van der Waals surface area contributed by atoms with Gasteiger partial charge in [-0.15, -0.1) is 0 Å². The molecule has 3 heterocycles. The Balaban J connectivity index is 1.43. The molecule has 0 amide bonds. The molecule has 0 bridgehead atoms. The number of hydrogen-bond acceptors (Lipinski definition) is 6. The fraction of sp³-hybridized carbons (Fsp3) is 0.529. The first-order valence-electron chi connectivity index (χ1n) is 8.52. The molecule has 0 atom stereocenters. The van der Waals surface area contributed by atoms with Gasteiger partial charge in [0.1, 0.15) is 0 Å². The predicted molar refractivity (Wildman–Crippen MR) is 88.8 cm³/mol. The molecule has 1 fully saturated rings. The lowest BCUT2D eigenvalue weighted by atomic mass is 9.91. The van der Waals surface area contributed by atoms with Gasteiger partial charge in [0.05, 0.1) is 24.9 Å². The maximum absolute atomic E-state index is 12.4. The Hall–Kier alpha value is -2.28. The molecule has 24 heavy (non-hydrogen) atoms. The highest BCUT2D eigenvalue weighted by Gasteiger charge is 2.25. The van der Waals surface area contributed by atoms with Gasteiger partial charge in [-0.05, 0) is 31.7 Å². The molecule has 1 aliphatic carbocycles. The van der Waals surface area contributed by atoms with E-state index in [-0.39, 0.29) is 11.6 Å². The van der Waals surface area contributed by atoms with Gasteiger partial charge in [0.15, 0.2) is 0 Å². The minimum Gasteiger partial charge on any atom is -0.376 e. The summed E-state index contributed by atoms with van der Waals surface area (Å²) < 4.78 is 7.09. The number of aromatic nitrogens is 4. The Morgan fingerprint density at radius 3 is 2.75 bits per heavy atom. The van der Waals surface area contributed by atoms with Crippen LogP contribution < -0.4 is 10.9 Å². The van der Waals surface area contributed by atoms with Crippen molar-refractivity contribution in [2.45, 2.75) is 50.8 Å². The van der Waals surface area contributed by atoms with Gasteiger partial charge in [0.2, 0.25) is 5.95 Å². The molecule has 1 saturated carbocycles. The monoisotopic (exact) mass is 327 g/mol. The van der Waals surface area contributed by atoms with Gasteiger partial charge in [0, 0.05) is 36.5 Å². The first-order valence-corrected chi connectivity index (χ1v) is 8.52. The summed E-state index contributed by atoms with van der Waals surface area (Å²) in [7, 11) is 0. The van der Waals surface area contributed by atoms with Crippen molar-refractivity contribution in [3.63, 3.8) is 0 Å². The normalized spacial score (nSPS) is 23.5. The summed E-state index contributed by atoms with van der Waals surface area (Å²) in [5, 5.41) is 8.00. The van der Waals surface area contributed by atoms with Gasteiger partial charge >= 0.3 is 0 Å². The SMILES string of the molecule is O=c1cc2c(nn1C1CCC(Nc3ncccn3)CC1)CCOC2. The molecule has 2 aromatic heterocycles. The molecular weight excluding hydrogens is 306 g/mol. The van der Waals surface area contributed by atoms with Crippen LogP contribution in [-0.4, -0.2) is 32.4 Å². The number of nitrogens with one attached hydrogen (secondary N) is 1. The summed E-state index contributed by atoms with van der Waals surface area (Å²) >= 11 is 0. The molecule has 7 nitrogen and oxygen atoms in total. The highest BCUT2D eigenvalue weighted by molar-refractivity contribution is 5.24. The molecule has 0 saturated heterocycles. The summed E-state index contributed by atoms with van der Waals surface area (Å²) in [5.74, 6) is 0.671. The molecule has 7 heteroatoms. The zero-order valence-electron chi connectivity index (χ0n) is 13.5. The van der Waals surface area contributed by atoms with Gasteiger partial charge in [-0.2, -0.15) is 5.10 Å². The second-order valence-corrected chi connectivity index (χ2v) is 6.42. The highest BCUT2D eigenvalue weighted by atomic mass is 16.5. The van der Waals surface area contributed by atoms with Crippen molar-refractivity contribution >= 4 is 5.95 Å². The quantitative estimate of drug-likeness (QED) is 0.924. The molecule has 0 spiro atoms. The molecule has 1 N–H and O–H groups in total. The topological polar surface area (TPSA) is 81.9 Å². The fourth-order valence-corrected chi connectivity index (χ4v) is 3.51. The van der Waals surface area contributed by atoms with Gasteiger partial charge in [-0.1, -0.05) is 0 Å². The van der Waals surface area contributed by atoms with E-state index in [0.29, 0.717) is 25.2 Å². The maximum atomic E-state index is 12.4. The number of anilines is 1. The molecule has 0 aromatic carbocycles. The molecule has 0 radical (unpaired) electrons. The van der Waals surface area contributed by atoms with E-state index in [0.717, 1.165) is 43.4 Å². The maximum Gasteiger partial charge on any atom is 0.267 e. The van der Waals surface area contributed by atoms with E-state index in [1.807, 2.05) is 0 Å². The summed E-state index contributed by atoms with van der Waals surface area (Å²) in [6.07, 6.45) is 8.11. The second kappa shape index (κ2) is 6.68. The number of hydrogen-bond donors (Lipinski definition) is 1. The minimum absolute atomic E-state index is 0.0120. The Kier molecular flexibility index (Phi) is 4.25. The van der Waals surface area contributed by atoms with E-state index in [1.54, 1.807) is 29.2 Å². The smallest absolute Gasteiger partial charge is 0.267 e. The third-order valence-corrected chi connectivity index (χ3v) is 4.80. The third kappa shape index (κ3) is 3.17.